The number of hydrogen-bond acceptors (Lipinski definition) is 5. The molecule has 1 aromatic heterocycles. The molecule has 4 aromatic rings. The van der Waals surface area contributed by atoms with E-state index in [4.69, 9.17) is 4.98 Å². The van der Waals surface area contributed by atoms with Crippen molar-refractivity contribution in [2.45, 2.75) is 12.8 Å². The Morgan fingerprint density at radius 2 is 1.76 bits per heavy atom. The van der Waals surface area contributed by atoms with E-state index in [1.165, 1.54) is 12.8 Å². The Kier molecular flexibility index (Phi) is 5.11. The summed E-state index contributed by atoms with van der Waals surface area (Å²) in [6, 6.07) is 19.4. The predicted molar refractivity (Wildman–Crippen MR) is 132 cm³/mol. The largest absolute Gasteiger partial charge is 0.410 e. The summed E-state index contributed by atoms with van der Waals surface area (Å²) in [4.78, 5) is 23.3. The SMILES string of the molecule is O=C(NCCN1CCCC1)c1ccc2nc(-c3cccc4c3-c3ccccc3C4=NO)[nH]c2c1. The minimum atomic E-state index is -0.0735. The smallest absolute Gasteiger partial charge is 0.251 e. The topological polar surface area (TPSA) is 93.6 Å². The van der Waals surface area contributed by atoms with Gasteiger partial charge in [-0.05, 0) is 49.7 Å². The lowest BCUT2D eigenvalue weighted by Crippen LogP contribution is -2.33. The fraction of sp³-hybridized carbons (Fsp3) is 0.222. The average Bonchev–Trinajstić information content (AvgIpc) is 3.60. The van der Waals surface area contributed by atoms with Gasteiger partial charge in [0, 0.05) is 40.9 Å². The number of benzene rings is 3. The average molecular weight is 452 g/mol. The molecule has 34 heavy (non-hydrogen) atoms. The van der Waals surface area contributed by atoms with Crippen LogP contribution in [0.2, 0.25) is 0 Å². The highest BCUT2D eigenvalue weighted by Gasteiger charge is 2.28. The molecule has 0 unspecified atom stereocenters. The highest BCUT2D eigenvalue weighted by Crippen LogP contribution is 2.42. The molecule has 1 saturated heterocycles. The highest BCUT2D eigenvalue weighted by atomic mass is 16.4. The molecule has 7 heteroatoms. The maximum Gasteiger partial charge on any atom is 0.251 e. The van der Waals surface area contributed by atoms with Gasteiger partial charge in [-0.1, -0.05) is 47.6 Å². The van der Waals surface area contributed by atoms with E-state index >= 15 is 0 Å². The summed E-state index contributed by atoms with van der Waals surface area (Å²) in [5.41, 5.74) is 7.49. The lowest BCUT2D eigenvalue weighted by Gasteiger charge is -2.14. The summed E-state index contributed by atoms with van der Waals surface area (Å²) in [6.45, 7) is 3.79. The Labute approximate surface area is 197 Å². The van der Waals surface area contributed by atoms with Crippen LogP contribution in [0, 0.1) is 0 Å². The molecule has 1 fully saturated rings. The van der Waals surface area contributed by atoms with Gasteiger partial charge >= 0.3 is 0 Å². The molecule has 0 radical (unpaired) electrons. The zero-order valence-electron chi connectivity index (χ0n) is 18.7. The highest BCUT2D eigenvalue weighted by molar-refractivity contribution is 6.26. The molecule has 0 bridgehead atoms. The van der Waals surface area contributed by atoms with Crippen LogP contribution in [0.4, 0.5) is 0 Å². The first kappa shape index (κ1) is 20.6. The van der Waals surface area contributed by atoms with Gasteiger partial charge in [-0.3, -0.25) is 4.79 Å². The summed E-state index contributed by atoms with van der Waals surface area (Å²) in [5.74, 6) is 0.642. The zero-order chi connectivity index (χ0) is 23.1. The number of aromatic nitrogens is 2. The second kappa shape index (κ2) is 8.43. The van der Waals surface area contributed by atoms with Crippen LogP contribution in [0.1, 0.15) is 34.3 Å². The van der Waals surface area contributed by atoms with Gasteiger partial charge < -0.3 is 20.4 Å². The quantitative estimate of drug-likeness (QED) is 0.275. The van der Waals surface area contributed by atoms with Crippen molar-refractivity contribution < 1.29 is 10.0 Å². The van der Waals surface area contributed by atoms with Crippen molar-refractivity contribution in [2.75, 3.05) is 26.2 Å². The van der Waals surface area contributed by atoms with Crippen molar-refractivity contribution in [3.8, 4) is 22.5 Å². The van der Waals surface area contributed by atoms with Crippen molar-refractivity contribution in [2.24, 2.45) is 5.16 Å². The van der Waals surface area contributed by atoms with Crippen molar-refractivity contribution in [1.82, 2.24) is 20.2 Å². The van der Waals surface area contributed by atoms with Gasteiger partial charge in [0.1, 0.15) is 11.5 Å². The van der Waals surface area contributed by atoms with Crippen LogP contribution in [-0.4, -0.2) is 57.9 Å². The Balaban J connectivity index is 1.31. The van der Waals surface area contributed by atoms with E-state index in [1.807, 2.05) is 60.7 Å². The van der Waals surface area contributed by atoms with Gasteiger partial charge in [-0.25, -0.2) is 4.98 Å². The number of aromatic amines is 1. The first-order chi connectivity index (χ1) is 16.7. The number of amides is 1. The number of carbonyl (C=O) groups excluding carboxylic acids is 1. The summed E-state index contributed by atoms with van der Waals surface area (Å²) in [6.07, 6.45) is 2.49. The Bertz CT molecular complexity index is 1430. The second-order valence-electron chi connectivity index (χ2n) is 8.84. The molecule has 0 spiro atoms. The van der Waals surface area contributed by atoms with Crippen LogP contribution < -0.4 is 5.32 Å². The Morgan fingerprint density at radius 1 is 1.00 bits per heavy atom. The van der Waals surface area contributed by atoms with E-state index in [0.717, 1.165) is 58.5 Å². The third-order valence-electron chi connectivity index (χ3n) is 6.78. The molecule has 3 aromatic carbocycles. The number of H-pyrrole nitrogens is 1. The first-order valence-electron chi connectivity index (χ1n) is 11.7. The molecular weight excluding hydrogens is 426 g/mol. The number of nitrogens with zero attached hydrogens (tertiary/aromatic N) is 3. The number of likely N-dealkylation sites (tertiary alicyclic amines) is 1. The third-order valence-corrected chi connectivity index (χ3v) is 6.78. The van der Waals surface area contributed by atoms with E-state index in [1.54, 1.807) is 0 Å². The van der Waals surface area contributed by atoms with E-state index in [2.05, 4.69) is 20.4 Å². The van der Waals surface area contributed by atoms with Crippen molar-refractivity contribution in [3.05, 3.63) is 77.4 Å². The maximum absolute atomic E-state index is 12.7. The molecule has 7 nitrogen and oxygen atoms in total. The van der Waals surface area contributed by atoms with E-state index in [9.17, 15) is 10.0 Å². The van der Waals surface area contributed by atoms with E-state index < -0.39 is 0 Å². The standard InChI is InChI=1S/C27H25N5O2/c33-27(28-12-15-32-13-3-4-14-32)17-10-11-22-23(16-17)30-26(29-22)21-9-5-8-20-24(21)18-6-1-2-7-19(18)25(20)31-34/h1-2,5-11,16,34H,3-4,12-15H2,(H,28,33)(H,29,30). The fourth-order valence-corrected chi connectivity index (χ4v) is 5.11. The van der Waals surface area contributed by atoms with Gasteiger partial charge in [-0.15, -0.1) is 0 Å². The second-order valence-corrected chi connectivity index (χ2v) is 8.84. The number of imidazole rings is 1. The first-order valence-corrected chi connectivity index (χ1v) is 11.7. The monoisotopic (exact) mass is 451 g/mol. The normalized spacial score (nSPS) is 16.2. The van der Waals surface area contributed by atoms with Crippen LogP contribution >= 0.6 is 0 Å². The van der Waals surface area contributed by atoms with Gasteiger partial charge in [0.15, 0.2) is 0 Å². The molecule has 3 N–H and O–H groups in total. The van der Waals surface area contributed by atoms with Crippen LogP contribution in [-0.2, 0) is 0 Å². The van der Waals surface area contributed by atoms with Gasteiger partial charge in [0.25, 0.3) is 5.91 Å². The number of carbonyl (C=O) groups is 1. The molecule has 2 aliphatic rings. The maximum atomic E-state index is 12.7. The minimum absolute atomic E-state index is 0.0735. The number of rotatable bonds is 5. The van der Waals surface area contributed by atoms with Crippen molar-refractivity contribution in [1.29, 1.82) is 0 Å². The minimum Gasteiger partial charge on any atom is -0.410 e. The van der Waals surface area contributed by atoms with E-state index in [-0.39, 0.29) is 5.91 Å². The molecule has 1 aliphatic carbocycles. The molecule has 0 saturated carbocycles. The van der Waals surface area contributed by atoms with Crippen LogP contribution in [0.15, 0.2) is 65.8 Å². The van der Waals surface area contributed by atoms with Gasteiger partial charge in [-0.2, -0.15) is 0 Å². The molecule has 6 rings (SSSR count). The van der Waals surface area contributed by atoms with E-state index in [0.29, 0.717) is 23.6 Å². The number of nitrogens with one attached hydrogen (secondary N) is 2. The van der Waals surface area contributed by atoms with Gasteiger partial charge in [0.2, 0.25) is 0 Å². The molecule has 0 atom stereocenters. The molecule has 2 heterocycles. The fourth-order valence-electron chi connectivity index (χ4n) is 5.11. The summed E-state index contributed by atoms with van der Waals surface area (Å²) < 4.78 is 0. The molecular formula is C27H25N5O2. The third kappa shape index (κ3) is 3.45. The summed E-state index contributed by atoms with van der Waals surface area (Å²) in [5, 5.41) is 16.3. The molecule has 1 aliphatic heterocycles. The zero-order valence-corrected chi connectivity index (χ0v) is 18.7. The summed E-state index contributed by atoms with van der Waals surface area (Å²) >= 11 is 0. The number of oxime groups is 1. The Morgan fingerprint density at radius 3 is 2.59 bits per heavy atom. The lowest BCUT2D eigenvalue weighted by molar-refractivity contribution is 0.0950. The van der Waals surface area contributed by atoms with Crippen molar-refractivity contribution >= 4 is 22.7 Å². The van der Waals surface area contributed by atoms with Crippen molar-refractivity contribution in [3.63, 3.8) is 0 Å². The predicted octanol–water partition coefficient (Wildman–Crippen LogP) is 4.26. The lowest BCUT2D eigenvalue weighted by atomic mass is 9.99. The summed E-state index contributed by atoms with van der Waals surface area (Å²) in [7, 11) is 0. The number of fused-ring (bicyclic) bond motifs is 4. The Hall–Kier alpha value is -3.97. The molecule has 170 valence electrons. The van der Waals surface area contributed by atoms with Crippen LogP contribution in [0.25, 0.3) is 33.5 Å². The van der Waals surface area contributed by atoms with Crippen LogP contribution in [0.3, 0.4) is 0 Å². The molecule has 1 amide bonds. The van der Waals surface area contributed by atoms with Crippen LogP contribution in [0.5, 0.6) is 0 Å². The van der Waals surface area contributed by atoms with Gasteiger partial charge in [0.05, 0.1) is 11.0 Å². The number of hydrogen-bond donors (Lipinski definition) is 3.